The van der Waals surface area contributed by atoms with Gasteiger partial charge in [0.2, 0.25) is 5.82 Å². The summed E-state index contributed by atoms with van der Waals surface area (Å²) in [7, 11) is 1.65. The number of alkyl halides is 5. The van der Waals surface area contributed by atoms with E-state index < -0.39 is 36.1 Å². The lowest BCUT2D eigenvalue weighted by atomic mass is 10.0. The minimum atomic E-state index is -4.81. The fourth-order valence-corrected chi connectivity index (χ4v) is 4.25. The van der Waals surface area contributed by atoms with Crippen molar-refractivity contribution >= 4 is 43.6 Å². The quantitative estimate of drug-likeness (QED) is 0.331. The van der Waals surface area contributed by atoms with Gasteiger partial charge in [-0.25, -0.2) is 9.97 Å². The van der Waals surface area contributed by atoms with E-state index in [4.69, 9.17) is 5.11 Å². The first-order valence-electron chi connectivity index (χ1n) is 9.67. The third-order valence-corrected chi connectivity index (χ3v) is 5.86. The summed E-state index contributed by atoms with van der Waals surface area (Å²) >= 11 is 3.42. The van der Waals surface area contributed by atoms with Gasteiger partial charge in [0.05, 0.1) is 17.2 Å². The second-order valence-corrected chi connectivity index (χ2v) is 8.39. The number of rotatable bonds is 5. The van der Waals surface area contributed by atoms with Crippen LogP contribution in [0.15, 0.2) is 41.0 Å². The van der Waals surface area contributed by atoms with Gasteiger partial charge in [-0.1, -0.05) is 18.2 Å². The minimum Gasteiger partial charge on any atom is -0.390 e. The number of fused-ring (bicyclic) bond motifs is 3. The molecule has 0 aliphatic heterocycles. The van der Waals surface area contributed by atoms with Crippen LogP contribution in [-0.2, 0) is 19.1 Å². The molecule has 174 valence electrons. The number of benzene rings is 2. The molecule has 0 radical (unpaired) electrons. The second kappa shape index (κ2) is 8.17. The zero-order valence-corrected chi connectivity index (χ0v) is 18.8. The minimum absolute atomic E-state index is 0.0545. The molecule has 0 aliphatic rings. The monoisotopic (exact) mass is 529 g/mol. The fourth-order valence-electron chi connectivity index (χ4n) is 3.55. The number of nitrogens with one attached hydrogen (secondary N) is 1. The molecule has 0 saturated carbocycles. The molecule has 2 N–H and O–H groups in total. The van der Waals surface area contributed by atoms with Gasteiger partial charge < -0.3 is 10.4 Å². The lowest BCUT2D eigenvalue weighted by Crippen LogP contribution is -2.19. The molecule has 0 amide bonds. The van der Waals surface area contributed by atoms with Crippen molar-refractivity contribution in [1.82, 2.24) is 19.7 Å². The maximum atomic E-state index is 13.9. The van der Waals surface area contributed by atoms with E-state index in [0.717, 1.165) is 0 Å². The summed E-state index contributed by atoms with van der Waals surface area (Å²) in [4.78, 5) is 7.45. The summed E-state index contributed by atoms with van der Waals surface area (Å²) in [5, 5.41) is 16.7. The van der Waals surface area contributed by atoms with Crippen LogP contribution in [0.4, 0.5) is 27.8 Å². The number of hydrogen-bond acceptors (Lipinski definition) is 5. The van der Waals surface area contributed by atoms with E-state index in [0.29, 0.717) is 26.3 Å². The van der Waals surface area contributed by atoms with Crippen LogP contribution in [0.2, 0.25) is 0 Å². The summed E-state index contributed by atoms with van der Waals surface area (Å²) in [5.41, 5.74) is 0.591. The molecule has 6 nitrogen and oxygen atoms in total. The lowest BCUT2D eigenvalue weighted by molar-refractivity contribution is -0.144. The SMILES string of the molecule is C[C@@H](Nc1nc(C(F)(F)F)nc2c1cc(Br)c1c2cnn1C)c1cccc(C(F)(F)CO)c1. The topological polar surface area (TPSA) is 75.9 Å². The number of halogens is 6. The Morgan fingerprint density at radius 3 is 2.52 bits per heavy atom. The molecule has 33 heavy (non-hydrogen) atoms. The molecule has 12 heteroatoms. The van der Waals surface area contributed by atoms with Crippen molar-refractivity contribution in [3.8, 4) is 0 Å². The molecule has 2 heterocycles. The molecule has 0 spiro atoms. The van der Waals surface area contributed by atoms with Crippen LogP contribution in [0.5, 0.6) is 0 Å². The first-order valence-corrected chi connectivity index (χ1v) is 10.5. The molecule has 0 fully saturated rings. The first-order chi connectivity index (χ1) is 15.4. The van der Waals surface area contributed by atoms with E-state index in [2.05, 4.69) is 36.3 Å². The van der Waals surface area contributed by atoms with Gasteiger partial charge in [0.15, 0.2) is 0 Å². The average Bonchev–Trinajstić information content (AvgIpc) is 3.16. The molecular weight excluding hydrogens is 513 g/mol. The van der Waals surface area contributed by atoms with Crippen LogP contribution in [0.3, 0.4) is 0 Å². The van der Waals surface area contributed by atoms with E-state index in [1.165, 1.54) is 29.1 Å². The predicted molar refractivity (Wildman–Crippen MR) is 116 cm³/mol. The van der Waals surface area contributed by atoms with Crippen molar-refractivity contribution in [2.45, 2.75) is 25.1 Å². The highest BCUT2D eigenvalue weighted by molar-refractivity contribution is 9.10. The fraction of sp³-hybridized carbons (Fsp3) is 0.286. The molecule has 0 saturated heterocycles. The van der Waals surface area contributed by atoms with Crippen molar-refractivity contribution in [3.63, 3.8) is 0 Å². The van der Waals surface area contributed by atoms with E-state index in [1.807, 2.05) is 0 Å². The predicted octanol–water partition coefficient (Wildman–Crippen LogP) is 5.56. The average molecular weight is 530 g/mol. The Balaban J connectivity index is 1.86. The van der Waals surface area contributed by atoms with Crippen molar-refractivity contribution < 1.29 is 27.1 Å². The molecule has 0 aliphatic carbocycles. The van der Waals surface area contributed by atoms with Crippen LogP contribution in [-0.4, -0.2) is 31.5 Å². The van der Waals surface area contributed by atoms with Crippen LogP contribution in [0, 0.1) is 0 Å². The summed E-state index contributed by atoms with van der Waals surface area (Å²) < 4.78 is 70.6. The first kappa shape index (κ1) is 23.3. The van der Waals surface area contributed by atoms with Crippen molar-refractivity contribution in [2.24, 2.45) is 7.05 Å². The van der Waals surface area contributed by atoms with Crippen molar-refractivity contribution in [1.29, 1.82) is 0 Å². The summed E-state index contributed by atoms with van der Waals surface area (Å²) in [5.74, 6) is -4.89. The zero-order valence-electron chi connectivity index (χ0n) is 17.3. The van der Waals surface area contributed by atoms with Crippen molar-refractivity contribution in [2.75, 3.05) is 11.9 Å². The number of aryl methyl sites for hydroxylation is 1. The Kier molecular flexibility index (Phi) is 5.77. The van der Waals surface area contributed by atoms with Crippen LogP contribution in [0.25, 0.3) is 21.8 Å². The highest BCUT2D eigenvalue weighted by Gasteiger charge is 2.36. The Morgan fingerprint density at radius 1 is 1.12 bits per heavy atom. The van der Waals surface area contributed by atoms with Gasteiger partial charge in [0.25, 0.3) is 5.92 Å². The number of aliphatic hydroxyl groups excluding tert-OH is 1. The highest BCUT2D eigenvalue weighted by Crippen LogP contribution is 2.38. The van der Waals surface area contributed by atoms with E-state index >= 15 is 0 Å². The second-order valence-electron chi connectivity index (χ2n) is 7.53. The third-order valence-electron chi connectivity index (χ3n) is 5.25. The van der Waals surface area contributed by atoms with Crippen LogP contribution < -0.4 is 5.32 Å². The van der Waals surface area contributed by atoms with E-state index in [9.17, 15) is 22.0 Å². The van der Waals surface area contributed by atoms with Gasteiger partial charge in [-0.2, -0.15) is 27.1 Å². The lowest BCUT2D eigenvalue weighted by Gasteiger charge is -2.20. The molecule has 2 aromatic carbocycles. The molecule has 0 bridgehead atoms. The Labute approximate surface area is 192 Å². The Bertz CT molecular complexity index is 1350. The molecule has 1 atom stereocenters. The van der Waals surface area contributed by atoms with Crippen molar-refractivity contribution in [3.05, 3.63) is 58.0 Å². The van der Waals surface area contributed by atoms with E-state index in [1.54, 1.807) is 26.1 Å². The van der Waals surface area contributed by atoms with Crippen LogP contribution >= 0.6 is 15.9 Å². The number of anilines is 1. The van der Waals surface area contributed by atoms with E-state index in [-0.39, 0.29) is 11.3 Å². The number of nitrogens with zero attached hydrogens (tertiary/aromatic N) is 4. The molecule has 4 rings (SSSR count). The largest absolute Gasteiger partial charge is 0.451 e. The standard InChI is InChI=1S/C21H17BrF5N5O/c1-10(11-4-3-5-12(6-11)20(23,24)9-33)29-18-13-7-15(22)17-14(8-28-32(17)2)16(13)30-19(31-18)21(25,26)27/h3-8,10,33H,9H2,1-2H3,(H,29,30,31)/t10-/m1/s1. The van der Waals surface area contributed by atoms with Gasteiger partial charge in [-0.05, 0) is 40.5 Å². The Morgan fingerprint density at radius 2 is 1.85 bits per heavy atom. The molecular formula is C21H17BrF5N5O. The maximum Gasteiger partial charge on any atom is 0.451 e. The summed E-state index contributed by atoms with van der Waals surface area (Å²) in [6.45, 7) is 0.244. The smallest absolute Gasteiger partial charge is 0.390 e. The maximum absolute atomic E-state index is 13.9. The molecule has 4 aromatic rings. The third kappa shape index (κ3) is 4.24. The van der Waals surface area contributed by atoms with Gasteiger partial charge in [-0.15, -0.1) is 0 Å². The van der Waals surface area contributed by atoms with Gasteiger partial charge in [-0.3, -0.25) is 4.68 Å². The normalized spacial score (nSPS) is 13.6. The highest BCUT2D eigenvalue weighted by atomic mass is 79.9. The van der Waals surface area contributed by atoms with Gasteiger partial charge in [0, 0.05) is 33.9 Å². The van der Waals surface area contributed by atoms with Gasteiger partial charge >= 0.3 is 6.18 Å². The number of aromatic nitrogens is 4. The molecule has 0 unspecified atom stereocenters. The number of aliphatic hydroxyl groups is 1. The summed E-state index contributed by atoms with van der Waals surface area (Å²) in [6, 6.07) is 6.20. The van der Waals surface area contributed by atoms with Gasteiger partial charge in [0.1, 0.15) is 12.4 Å². The Hall–Kier alpha value is -2.86. The molecule has 2 aromatic heterocycles. The zero-order chi connectivity index (χ0) is 24.1. The van der Waals surface area contributed by atoms with Crippen LogP contribution in [0.1, 0.15) is 29.9 Å². The number of hydrogen-bond donors (Lipinski definition) is 2. The summed E-state index contributed by atoms with van der Waals surface area (Å²) in [6.07, 6.45) is -3.39.